The summed E-state index contributed by atoms with van der Waals surface area (Å²) in [6.07, 6.45) is 0. The van der Waals surface area contributed by atoms with Gasteiger partial charge in [-0.15, -0.1) is 0 Å². The van der Waals surface area contributed by atoms with Gasteiger partial charge in [0, 0.05) is 11.1 Å². The average molecular weight is 334 g/mol. The minimum atomic E-state index is -0.456. The summed E-state index contributed by atoms with van der Waals surface area (Å²) >= 11 is 0. The first-order valence-electron chi connectivity index (χ1n) is 7.41. The molecule has 0 unspecified atom stereocenters. The molecular weight excluding hydrogens is 312 g/mol. The normalized spacial score (nSPS) is 9.75. The van der Waals surface area contributed by atoms with Gasteiger partial charge in [0.05, 0.1) is 0 Å². The van der Waals surface area contributed by atoms with E-state index >= 15 is 0 Å². The molecule has 0 N–H and O–H groups in total. The van der Waals surface area contributed by atoms with Crippen LogP contribution < -0.4 is 9.47 Å². The molecule has 0 aromatic heterocycles. The van der Waals surface area contributed by atoms with Gasteiger partial charge in [-0.2, -0.15) is 0 Å². The van der Waals surface area contributed by atoms with Crippen molar-refractivity contribution in [3.63, 3.8) is 0 Å². The molecule has 0 heterocycles. The molecule has 0 amide bonds. The Labute approximate surface area is 141 Å². The van der Waals surface area contributed by atoms with Crippen molar-refractivity contribution in [1.82, 2.24) is 0 Å². The molecular formula is C18H22O6. The molecule has 1 aromatic carbocycles. The molecule has 0 radical (unpaired) electrons. The first-order valence-corrected chi connectivity index (χ1v) is 7.41. The summed E-state index contributed by atoms with van der Waals surface area (Å²) in [5.41, 5.74) is 0.672. The zero-order chi connectivity index (χ0) is 17.9. The van der Waals surface area contributed by atoms with Crippen molar-refractivity contribution in [1.29, 1.82) is 0 Å². The number of esters is 2. The molecule has 130 valence electrons. The van der Waals surface area contributed by atoms with Gasteiger partial charge in [-0.25, -0.2) is 9.59 Å². The molecule has 0 saturated carbocycles. The van der Waals surface area contributed by atoms with Crippen molar-refractivity contribution in [2.45, 2.75) is 13.8 Å². The monoisotopic (exact) mass is 334 g/mol. The van der Waals surface area contributed by atoms with Crippen molar-refractivity contribution in [2.75, 3.05) is 26.4 Å². The Morgan fingerprint density at radius 3 is 1.50 bits per heavy atom. The summed E-state index contributed by atoms with van der Waals surface area (Å²) in [6.45, 7) is 10.7. The topological polar surface area (TPSA) is 71.1 Å². The molecule has 1 aromatic rings. The standard InChI is InChI=1S/C18H22O6/c1-13(2)17(19)23-11-9-21-15-7-5-6-8-16(15)22-10-12-24-18(20)14(3)4/h5-8H,1,3,9-12H2,2,4H3. The molecule has 24 heavy (non-hydrogen) atoms. The van der Waals surface area contributed by atoms with Gasteiger partial charge >= 0.3 is 11.9 Å². The van der Waals surface area contributed by atoms with Crippen molar-refractivity contribution in [2.24, 2.45) is 0 Å². The quantitative estimate of drug-likeness (QED) is 0.372. The molecule has 0 aliphatic rings. The third-order valence-electron chi connectivity index (χ3n) is 2.69. The molecule has 6 heteroatoms. The summed E-state index contributed by atoms with van der Waals surface area (Å²) < 4.78 is 20.9. The van der Waals surface area contributed by atoms with Crippen LogP contribution in [-0.2, 0) is 19.1 Å². The van der Waals surface area contributed by atoms with Gasteiger partial charge in [0.2, 0.25) is 0 Å². The lowest BCUT2D eigenvalue weighted by atomic mass is 10.3. The summed E-state index contributed by atoms with van der Waals surface area (Å²) in [5, 5.41) is 0. The maximum absolute atomic E-state index is 11.2. The van der Waals surface area contributed by atoms with Crippen molar-refractivity contribution >= 4 is 11.9 Å². The molecule has 0 fully saturated rings. The van der Waals surface area contributed by atoms with Crippen LogP contribution in [0.25, 0.3) is 0 Å². The summed E-state index contributed by atoms with van der Waals surface area (Å²) in [5.74, 6) is 0.107. The molecule has 0 saturated heterocycles. The highest BCUT2D eigenvalue weighted by molar-refractivity contribution is 5.87. The minimum absolute atomic E-state index is 0.107. The van der Waals surface area contributed by atoms with E-state index in [2.05, 4.69) is 13.2 Å². The summed E-state index contributed by atoms with van der Waals surface area (Å²) in [4.78, 5) is 22.5. The fourth-order valence-electron chi connectivity index (χ4n) is 1.51. The van der Waals surface area contributed by atoms with Gasteiger partial charge in [0.1, 0.15) is 26.4 Å². The minimum Gasteiger partial charge on any atom is -0.486 e. The first kappa shape index (κ1) is 19.3. The molecule has 6 nitrogen and oxygen atoms in total. The molecule has 0 aliphatic heterocycles. The lowest BCUT2D eigenvalue weighted by Gasteiger charge is -2.13. The Kier molecular flexibility index (Phi) is 8.11. The Morgan fingerprint density at radius 2 is 1.17 bits per heavy atom. The van der Waals surface area contributed by atoms with Crippen LogP contribution in [0.15, 0.2) is 48.6 Å². The number of hydrogen-bond acceptors (Lipinski definition) is 6. The van der Waals surface area contributed by atoms with E-state index in [0.29, 0.717) is 22.6 Å². The van der Waals surface area contributed by atoms with E-state index in [1.807, 2.05) is 0 Å². The van der Waals surface area contributed by atoms with Crippen LogP contribution in [0.2, 0.25) is 0 Å². The number of ether oxygens (including phenoxy) is 4. The Bertz CT molecular complexity index is 552. The van der Waals surface area contributed by atoms with E-state index < -0.39 is 11.9 Å². The van der Waals surface area contributed by atoms with Gasteiger partial charge in [-0.1, -0.05) is 25.3 Å². The highest BCUT2D eigenvalue weighted by atomic mass is 16.6. The summed E-state index contributed by atoms with van der Waals surface area (Å²) in [6, 6.07) is 7.05. The van der Waals surface area contributed by atoms with E-state index in [-0.39, 0.29) is 26.4 Å². The third-order valence-corrected chi connectivity index (χ3v) is 2.69. The molecule has 0 atom stereocenters. The summed E-state index contributed by atoms with van der Waals surface area (Å²) in [7, 11) is 0. The van der Waals surface area contributed by atoms with Crippen LogP contribution in [0.1, 0.15) is 13.8 Å². The van der Waals surface area contributed by atoms with Crippen LogP contribution in [0, 0.1) is 0 Å². The lowest BCUT2D eigenvalue weighted by Crippen LogP contribution is -2.14. The van der Waals surface area contributed by atoms with E-state index in [9.17, 15) is 9.59 Å². The largest absolute Gasteiger partial charge is 0.486 e. The number of carbonyl (C=O) groups excluding carboxylic acids is 2. The second-order valence-corrected chi connectivity index (χ2v) is 4.98. The number of para-hydroxylation sites is 2. The fraction of sp³-hybridized carbons (Fsp3) is 0.333. The van der Waals surface area contributed by atoms with Crippen molar-refractivity contribution in [3.8, 4) is 11.5 Å². The van der Waals surface area contributed by atoms with E-state index in [1.165, 1.54) is 0 Å². The fourth-order valence-corrected chi connectivity index (χ4v) is 1.51. The van der Waals surface area contributed by atoms with Gasteiger partial charge in [-0.3, -0.25) is 0 Å². The van der Waals surface area contributed by atoms with Crippen LogP contribution in [0.3, 0.4) is 0 Å². The number of rotatable bonds is 10. The van der Waals surface area contributed by atoms with Gasteiger partial charge < -0.3 is 18.9 Å². The predicted molar refractivity (Wildman–Crippen MR) is 89.0 cm³/mol. The maximum Gasteiger partial charge on any atom is 0.333 e. The Morgan fingerprint density at radius 1 is 0.792 bits per heavy atom. The Hall–Kier alpha value is -2.76. The second kappa shape index (κ2) is 10.1. The highest BCUT2D eigenvalue weighted by Gasteiger charge is 2.07. The number of carbonyl (C=O) groups is 2. The van der Waals surface area contributed by atoms with Crippen molar-refractivity contribution in [3.05, 3.63) is 48.6 Å². The molecule has 0 bridgehead atoms. The van der Waals surface area contributed by atoms with Gasteiger partial charge in [-0.05, 0) is 26.0 Å². The lowest BCUT2D eigenvalue weighted by molar-refractivity contribution is -0.140. The van der Waals surface area contributed by atoms with Crippen LogP contribution in [0.4, 0.5) is 0 Å². The zero-order valence-electron chi connectivity index (χ0n) is 14.0. The first-order chi connectivity index (χ1) is 11.4. The van der Waals surface area contributed by atoms with Crippen LogP contribution >= 0.6 is 0 Å². The number of benzene rings is 1. The SMILES string of the molecule is C=C(C)C(=O)OCCOc1ccccc1OCCOC(=O)C(=C)C. The maximum atomic E-state index is 11.2. The average Bonchev–Trinajstić information content (AvgIpc) is 2.55. The van der Waals surface area contributed by atoms with E-state index in [4.69, 9.17) is 18.9 Å². The zero-order valence-corrected chi connectivity index (χ0v) is 14.0. The number of hydrogen-bond donors (Lipinski definition) is 0. The van der Waals surface area contributed by atoms with Crippen molar-refractivity contribution < 1.29 is 28.5 Å². The second-order valence-electron chi connectivity index (χ2n) is 4.98. The molecule has 1 rings (SSSR count). The molecule has 0 spiro atoms. The smallest absolute Gasteiger partial charge is 0.333 e. The van der Waals surface area contributed by atoms with E-state index in [0.717, 1.165) is 0 Å². The highest BCUT2D eigenvalue weighted by Crippen LogP contribution is 2.26. The third kappa shape index (κ3) is 7.00. The van der Waals surface area contributed by atoms with E-state index in [1.54, 1.807) is 38.1 Å². The van der Waals surface area contributed by atoms with Gasteiger partial charge in [0.25, 0.3) is 0 Å². The van der Waals surface area contributed by atoms with Gasteiger partial charge in [0.15, 0.2) is 11.5 Å². The molecule has 0 aliphatic carbocycles. The Balaban J connectivity index is 2.39. The predicted octanol–water partition coefficient (Wildman–Crippen LogP) is 2.68. The van der Waals surface area contributed by atoms with Crippen LogP contribution in [0.5, 0.6) is 11.5 Å². The van der Waals surface area contributed by atoms with Crippen LogP contribution in [-0.4, -0.2) is 38.4 Å².